The average Bonchev–Trinajstić information content (AvgIpc) is 3.06. The standard InChI is InChI=1S/C40H79NO5/c1-3-5-7-9-11-13-15-17-18-19-20-21-22-24-26-28-30-32-34-38(44)40(46)41-36(35-42)39(45)37(43)33-31-29-27-25-23-16-14-12-10-8-6-4-2/h25,27,36-39,42-45H,3-24,26,28-35H2,1-2H3,(H,41,46)/b27-25+/t36-,37-,38-,39+/m1/s1. The van der Waals surface area contributed by atoms with E-state index in [-0.39, 0.29) is 0 Å². The van der Waals surface area contributed by atoms with Crippen LogP contribution in [0.15, 0.2) is 12.2 Å². The molecule has 0 aromatic carbocycles. The Kier molecular flexibility index (Phi) is 34.6. The molecule has 0 aromatic heterocycles. The Morgan fingerprint density at radius 2 is 0.891 bits per heavy atom. The Balaban J connectivity index is 3.77. The number of aliphatic hydroxyl groups is 4. The van der Waals surface area contributed by atoms with E-state index in [1.54, 1.807) is 0 Å². The molecule has 0 radical (unpaired) electrons. The van der Waals surface area contributed by atoms with Gasteiger partial charge in [-0.3, -0.25) is 4.79 Å². The highest BCUT2D eigenvalue weighted by Crippen LogP contribution is 2.16. The van der Waals surface area contributed by atoms with E-state index in [1.807, 2.05) is 0 Å². The molecule has 0 bridgehead atoms. The lowest BCUT2D eigenvalue weighted by Gasteiger charge is -2.27. The van der Waals surface area contributed by atoms with Crippen LogP contribution in [0.5, 0.6) is 0 Å². The van der Waals surface area contributed by atoms with Crippen LogP contribution in [0, 0.1) is 0 Å². The molecule has 0 rings (SSSR count). The molecule has 0 saturated carbocycles. The maximum Gasteiger partial charge on any atom is 0.249 e. The van der Waals surface area contributed by atoms with Crippen molar-refractivity contribution < 1.29 is 25.2 Å². The van der Waals surface area contributed by atoms with Crippen molar-refractivity contribution in [3.05, 3.63) is 12.2 Å². The predicted octanol–water partition coefficient (Wildman–Crippen LogP) is 9.85. The number of aliphatic hydroxyl groups excluding tert-OH is 4. The molecule has 6 heteroatoms. The average molecular weight is 654 g/mol. The van der Waals surface area contributed by atoms with Gasteiger partial charge in [0.15, 0.2) is 0 Å². The lowest BCUT2D eigenvalue weighted by molar-refractivity contribution is -0.132. The van der Waals surface area contributed by atoms with E-state index >= 15 is 0 Å². The molecule has 0 aromatic rings. The van der Waals surface area contributed by atoms with Gasteiger partial charge in [-0.1, -0.05) is 180 Å². The Morgan fingerprint density at radius 3 is 1.30 bits per heavy atom. The second-order valence-electron chi connectivity index (χ2n) is 14.0. The molecule has 0 aliphatic rings. The highest BCUT2D eigenvalue weighted by molar-refractivity contribution is 5.80. The zero-order valence-corrected chi connectivity index (χ0v) is 30.6. The molecule has 0 heterocycles. The molecule has 4 atom stereocenters. The van der Waals surface area contributed by atoms with Gasteiger partial charge < -0.3 is 25.7 Å². The monoisotopic (exact) mass is 654 g/mol. The summed E-state index contributed by atoms with van der Waals surface area (Å²) in [6, 6.07) is -0.995. The second kappa shape index (κ2) is 35.4. The Hall–Kier alpha value is -0.950. The van der Waals surface area contributed by atoms with E-state index < -0.39 is 36.9 Å². The maximum absolute atomic E-state index is 12.5. The highest BCUT2D eigenvalue weighted by Gasteiger charge is 2.28. The number of allylic oxidation sites excluding steroid dienone is 2. The first-order valence-corrected chi connectivity index (χ1v) is 20.1. The lowest BCUT2D eigenvalue weighted by atomic mass is 10.00. The fourth-order valence-corrected chi connectivity index (χ4v) is 6.23. The molecular formula is C40H79NO5. The first-order chi connectivity index (χ1) is 22.5. The van der Waals surface area contributed by atoms with Crippen LogP contribution in [0.25, 0.3) is 0 Å². The van der Waals surface area contributed by atoms with E-state index in [1.165, 1.54) is 141 Å². The van der Waals surface area contributed by atoms with Crippen LogP contribution >= 0.6 is 0 Å². The summed E-state index contributed by atoms with van der Waals surface area (Å²) in [5.41, 5.74) is 0. The molecule has 5 N–H and O–H groups in total. The number of hydrogen-bond acceptors (Lipinski definition) is 5. The predicted molar refractivity (Wildman–Crippen MR) is 196 cm³/mol. The van der Waals surface area contributed by atoms with Gasteiger partial charge in [0.25, 0.3) is 0 Å². The van der Waals surface area contributed by atoms with E-state index in [0.717, 1.165) is 38.5 Å². The molecular weight excluding hydrogens is 574 g/mol. The molecule has 0 aliphatic carbocycles. The lowest BCUT2D eigenvalue weighted by Crippen LogP contribution is -2.53. The molecule has 0 fully saturated rings. The first-order valence-electron chi connectivity index (χ1n) is 20.1. The molecule has 1 amide bonds. The number of rotatable bonds is 36. The quantitative estimate of drug-likeness (QED) is 0.0342. The van der Waals surface area contributed by atoms with Gasteiger partial charge in [-0.25, -0.2) is 0 Å². The summed E-state index contributed by atoms with van der Waals surface area (Å²) in [5, 5.41) is 43.5. The number of nitrogens with one attached hydrogen (secondary N) is 1. The van der Waals surface area contributed by atoms with E-state index in [4.69, 9.17) is 0 Å². The zero-order valence-electron chi connectivity index (χ0n) is 30.6. The normalized spacial score (nSPS) is 14.5. The SMILES string of the molecule is CCCCCCCCC/C=C/CCC[C@@H](O)[C@@H](O)[C@@H](CO)NC(=O)[C@H](O)CCCCCCCCCCCCCCCCCCCC. The fraction of sp³-hybridized carbons (Fsp3) is 0.925. The van der Waals surface area contributed by atoms with Gasteiger partial charge in [0.2, 0.25) is 5.91 Å². The Morgan fingerprint density at radius 1 is 0.522 bits per heavy atom. The van der Waals surface area contributed by atoms with Crippen molar-refractivity contribution in [2.75, 3.05) is 6.61 Å². The number of amides is 1. The highest BCUT2D eigenvalue weighted by atomic mass is 16.3. The number of hydrogen-bond donors (Lipinski definition) is 5. The Bertz CT molecular complexity index is 658. The van der Waals surface area contributed by atoms with Gasteiger partial charge in [-0.15, -0.1) is 0 Å². The van der Waals surface area contributed by atoms with Crippen molar-refractivity contribution in [3.8, 4) is 0 Å². The van der Waals surface area contributed by atoms with Crippen LogP contribution in [0.1, 0.15) is 206 Å². The van der Waals surface area contributed by atoms with Crippen LogP contribution < -0.4 is 5.32 Å². The minimum atomic E-state index is -1.28. The van der Waals surface area contributed by atoms with Crippen molar-refractivity contribution in [2.24, 2.45) is 0 Å². The van der Waals surface area contributed by atoms with Crippen LogP contribution in [0.3, 0.4) is 0 Å². The minimum absolute atomic E-state index is 0.368. The summed E-state index contributed by atoms with van der Waals surface area (Å²) < 4.78 is 0. The summed E-state index contributed by atoms with van der Waals surface area (Å²) in [7, 11) is 0. The third-order valence-electron chi connectivity index (χ3n) is 9.48. The molecule has 274 valence electrons. The van der Waals surface area contributed by atoms with Crippen molar-refractivity contribution in [1.29, 1.82) is 0 Å². The summed E-state index contributed by atoms with van der Waals surface area (Å²) >= 11 is 0. The van der Waals surface area contributed by atoms with Gasteiger partial charge in [-0.2, -0.15) is 0 Å². The van der Waals surface area contributed by atoms with Crippen LogP contribution in [0.2, 0.25) is 0 Å². The number of carbonyl (C=O) groups is 1. The van der Waals surface area contributed by atoms with Crippen molar-refractivity contribution in [3.63, 3.8) is 0 Å². The summed E-state index contributed by atoms with van der Waals surface area (Å²) in [6.07, 6.45) is 36.7. The van der Waals surface area contributed by atoms with Gasteiger partial charge in [0.1, 0.15) is 12.2 Å². The molecule has 0 aliphatic heterocycles. The van der Waals surface area contributed by atoms with Gasteiger partial charge >= 0.3 is 0 Å². The smallest absolute Gasteiger partial charge is 0.249 e. The molecule has 0 unspecified atom stereocenters. The van der Waals surface area contributed by atoms with E-state index in [9.17, 15) is 25.2 Å². The first kappa shape index (κ1) is 45.0. The zero-order chi connectivity index (χ0) is 33.9. The summed E-state index contributed by atoms with van der Waals surface area (Å²) in [4.78, 5) is 12.5. The summed E-state index contributed by atoms with van der Waals surface area (Å²) in [5.74, 6) is -0.592. The van der Waals surface area contributed by atoms with Gasteiger partial charge in [-0.05, 0) is 38.5 Å². The molecule has 6 nitrogen and oxygen atoms in total. The van der Waals surface area contributed by atoms with E-state index in [2.05, 4.69) is 31.3 Å². The van der Waals surface area contributed by atoms with Crippen LogP contribution in [-0.4, -0.2) is 57.3 Å². The largest absolute Gasteiger partial charge is 0.394 e. The number of unbranched alkanes of at least 4 members (excludes halogenated alkanes) is 25. The molecule has 0 spiro atoms. The van der Waals surface area contributed by atoms with Crippen molar-refractivity contribution >= 4 is 5.91 Å². The third kappa shape index (κ3) is 29.2. The van der Waals surface area contributed by atoms with Crippen molar-refractivity contribution in [2.45, 2.75) is 231 Å². The van der Waals surface area contributed by atoms with E-state index in [0.29, 0.717) is 12.8 Å². The summed E-state index contributed by atoms with van der Waals surface area (Å²) in [6.45, 7) is 4.02. The topological polar surface area (TPSA) is 110 Å². The fourth-order valence-electron chi connectivity index (χ4n) is 6.23. The second-order valence-corrected chi connectivity index (χ2v) is 14.0. The van der Waals surface area contributed by atoms with Gasteiger partial charge in [0, 0.05) is 0 Å². The minimum Gasteiger partial charge on any atom is -0.394 e. The van der Waals surface area contributed by atoms with Crippen molar-refractivity contribution in [1.82, 2.24) is 5.32 Å². The maximum atomic E-state index is 12.5. The molecule has 46 heavy (non-hydrogen) atoms. The number of carbonyl (C=O) groups excluding carboxylic acids is 1. The van der Waals surface area contributed by atoms with Crippen LogP contribution in [0.4, 0.5) is 0 Å². The van der Waals surface area contributed by atoms with Crippen LogP contribution in [-0.2, 0) is 4.79 Å². The third-order valence-corrected chi connectivity index (χ3v) is 9.48. The van der Waals surface area contributed by atoms with Gasteiger partial charge in [0.05, 0.1) is 18.8 Å². The Labute approximate surface area is 285 Å². The molecule has 0 saturated heterocycles.